The van der Waals surface area contributed by atoms with E-state index in [1.165, 1.54) is 0 Å². The molecule has 3 aromatic carbocycles. The number of aryl methyl sites for hydroxylation is 1. The van der Waals surface area contributed by atoms with Gasteiger partial charge in [0, 0.05) is 24.0 Å². The van der Waals surface area contributed by atoms with Crippen LogP contribution in [-0.2, 0) is 11.2 Å². The Morgan fingerprint density at radius 3 is 2.36 bits per heavy atom. The van der Waals surface area contributed by atoms with Gasteiger partial charge in [-0.25, -0.2) is 9.97 Å². The van der Waals surface area contributed by atoms with Gasteiger partial charge in [0.2, 0.25) is 5.91 Å². The first-order chi connectivity index (χ1) is 17.7. The number of benzene rings is 3. The minimum Gasteiger partial charge on any atom is -0.440 e. The molecular formula is C29H28N4O2S. The van der Waals surface area contributed by atoms with E-state index in [1.807, 2.05) is 84.9 Å². The predicted octanol–water partition coefficient (Wildman–Crippen LogP) is 6.43. The molecule has 182 valence electrons. The number of para-hydroxylation sites is 2. The molecule has 1 amide bonds. The second kappa shape index (κ2) is 11.3. The van der Waals surface area contributed by atoms with Gasteiger partial charge in [0.25, 0.3) is 0 Å². The fraction of sp³-hybridized carbons (Fsp3) is 0.207. The summed E-state index contributed by atoms with van der Waals surface area (Å²) >= 11 is 1.75. The molecule has 2 heterocycles. The summed E-state index contributed by atoms with van der Waals surface area (Å²) in [5.74, 6) is 2.92. The summed E-state index contributed by atoms with van der Waals surface area (Å²) in [7, 11) is 0. The number of nitrogens with one attached hydrogen (secondary N) is 2. The molecule has 0 spiro atoms. The lowest BCUT2D eigenvalue weighted by Gasteiger charge is -2.16. The molecule has 0 bridgehead atoms. The molecule has 6 nitrogen and oxygen atoms in total. The first-order valence-corrected chi connectivity index (χ1v) is 13.4. The third kappa shape index (κ3) is 5.52. The molecule has 0 radical (unpaired) electrons. The molecule has 2 aromatic heterocycles. The number of imidazole rings is 1. The average molecular weight is 497 g/mol. The number of carbonyl (C=O) groups excluding carboxylic acids is 1. The normalized spacial score (nSPS) is 12.0. The standard InChI is InChI=1S/C29H28N4O2S/c1-36-19-18-24(29-31-22-14-8-9-15-23(22)32-29)30-25(34)16-17-26-33-27(20-10-4-2-5-11-20)28(35-26)21-12-6-3-7-13-21/h2-15,24H,16-19H2,1H3,(H,30,34)(H,31,32)/t24-/m0/s1. The second-order valence-electron chi connectivity index (χ2n) is 8.56. The Balaban J connectivity index is 1.32. The van der Waals surface area contributed by atoms with Gasteiger partial charge in [-0.05, 0) is 30.6 Å². The fourth-order valence-electron chi connectivity index (χ4n) is 4.19. The minimum atomic E-state index is -0.179. The fourth-order valence-corrected chi connectivity index (χ4v) is 4.66. The molecule has 0 saturated carbocycles. The number of aromatic nitrogens is 3. The van der Waals surface area contributed by atoms with E-state index in [0.29, 0.717) is 12.3 Å². The van der Waals surface area contributed by atoms with E-state index in [4.69, 9.17) is 14.4 Å². The number of thioether (sulfide) groups is 1. The Morgan fingerprint density at radius 1 is 0.944 bits per heavy atom. The molecule has 0 aliphatic rings. The highest BCUT2D eigenvalue weighted by Crippen LogP contribution is 2.33. The number of fused-ring (bicyclic) bond motifs is 1. The monoisotopic (exact) mass is 496 g/mol. The molecule has 0 saturated heterocycles. The van der Waals surface area contributed by atoms with Crippen molar-refractivity contribution < 1.29 is 9.21 Å². The van der Waals surface area contributed by atoms with Crippen molar-refractivity contribution in [2.45, 2.75) is 25.3 Å². The molecule has 1 atom stereocenters. The summed E-state index contributed by atoms with van der Waals surface area (Å²) in [6.45, 7) is 0. The summed E-state index contributed by atoms with van der Waals surface area (Å²) in [5, 5.41) is 3.17. The van der Waals surface area contributed by atoms with Gasteiger partial charge >= 0.3 is 0 Å². The summed E-state index contributed by atoms with van der Waals surface area (Å²) in [6.07, 6.45) is 3.55. The summed E-state index contributed by atoms with van der Waals surface area (Å²) in [4.78, 5) is 25.8. The van der Waals surface area contributed by atoms with E-state index in [9.17, 15) is 4.79 Å². The lowest BCUT2D eigenvalue weighted by molar-refractivity contribution is -0.122. The summed E-state index contributed by atoms with van der Waals surface area (Å²) in [5.41, 5.74) is 4.60. The number of nitrogens with zero attached hydrogens (tertiary/aromatic N) is 2. The van der Waals surface area contributed by atoms with Crippen LogP contribution in [0.4, 0.5) is 0 Å². The smallest absolute Gasteiger partial charge is 0.221 e. The third-order valence-electron chi connectivity index (χ3n) is 6.00. The van der Waals surface area contributed by atoms with Crippen LogP contribution < -0.4 is 5.32 Å². The molecule has 7 heteroatoms. The van der Waals surface area contributed by atoms with Crippen molar-refractivity contribution in [2.24, 2.45) is 0 Å². The number of H-pyrrole nitrogens is 1. The van der Waals surface area contributed by atoms with Crippen molar-refractivity contribution in [3.05, 3.63) is 96.6 Å². The Hall–Kier alpha value is -3.84. The maximum Gasteiger partial charge on any atom is 0.221 e. The van der Waals surface area contributed by atoms with E-state index < -0.39 is 0 Å². The first-order valence-electron chi connectivity index (χ1n) is 12.0. The highest BCUT2D eigenvalue weighted by Gasteiger charge is 2.20. The van der Waals surface area contributed by atoms with Crippen LogP contribution in [0.3, 0.4) is 0 Å². The van der Waals surface area contributed by atoms with Crippen molar-refractivity contribution in [2.75, 3.05) is 12.0 Å². The van der Waals surface area contributed by atoms with Crippen molar-refractivity contribution >= 4 is 28.7 Å². The Kier molecular flexibility index (Phi) is 7.47. The maximum atomic E-state index is 13.0. The Morgan fingerprint density at radius 2 is 1.64 bits per heavy atom. The Labute approximate surface area is 214 Å². The van der Waals surface area contributed by atoms with Gasteiger partial charge in [0.15, 0.2) is 11.7 Å². The van der Waals surface area contributed by atoms with Crippen LogP contribution in [0, 0.1) is 0 Å². The number of oxazole rings is 1. The zero-order valence-electron chi connectivity index (χ0n) is 20.1. The molecule has 36 heavy (non-hydrogen) atoms. The first kappa shape index (κ1) is 23.9. The molecule has 0 aliphatic heterocycles. The van der Waals surface area contributed by atoms with Crippen LogP contribution in [0.1, 0.15) is 30.6 Å². The SMILES string of the molecule is CSCC[C@H](NC(=O)CCc1nc(-c2ccccc2)c(-c2ccccc2)o1)c1nc2ccccc2[nH]1. The van der Waals surface area contributed by atoms with Crippen molar-refractivity contribution in [3.8, 4) is 22.6 Å². The number of amides is 1. The van der Waals surface area contributed by atoms with Crippen molar-refractivity contribution in [3.63, 3.8) is 0 Å². The van der Waals surface area contributed by atoms with E-state index in [0.717, 1.165) is 51.6 Å². The van der Waals surface area contributed by atoms with Crippen LogP contribution in [0.15, 0.2) is 89.3 Å². The topological polar surface area (TPSA) is 83.8 Å². The second-order valence-corrected chi connectivity index (χ2v) is 9.54. The number of aromatic amines is 1. The van der Waals surface area contributed by atoms with Crippen LogP contribution in [0.2, 0.25) is 0 Å². The number of hydrogen-bond donors (Lipinski definition) is 2. The zero-order valence-corrected chi connectivity index (χ0v) is 20.9. The van der Waals surface area contributed by atoms with Crippen molar-refractivity contribution in [1.29, 1.82) is 0 Å². The summed E-state index contributed by atoms with van der Waals surface area (Å²) < 4.78 is 6.19. The highest BCUT2D eigenvalue weighted by molar-refractivity contribution is 7.98. The molecular weight excluding hydrogens is 468 g/mol. The van der Waals surface area contributed by atoms with E-state index in [-0.39, 0.29) is 18.4 Å². The summed E-state index contributed by atoms with van der Waals surface area (Å²) in [6, 6.07) is 27.7. The van der Waals surface area contributed by atoms with E-state index in [1.54, 1.807) is 11.8 Å². The number of rotatable bonds is 10. The van der Waals surface area contributed by atoms with Gasteiger partial charge in [-0.1, -0.05) is 72.8 Å². The maximum absolute atomic E-state index is 13.0. The van der Waals surface area contributed by atoms with Crippen LogP contribution >= 0.6 is 11.8 Å². The van der Waals surface area contributed by atoms with Gasteiger partial charge in [-0.3, -0.25) is 4.79 Å². The van der Waals surface area contributed by atoms with Gasteiger partial charge in [-0.15, -0.1) is 0 Å². The van der Waals surface area contributed by atoms with Gasteiger partial charge < -0.3 is 14.7 Å². The third-order valence-corrected chi connectivity index (χ3v) is 6.65. The van der Waals surface area contributed by atoms with Crippen LogP contribution in [-0.4, -0.2) is 32.9 Å². The lowest BCUT2D eigenvalue weighted by atomic mass is 10.1. The highest BCUT2D eigenvalue weighted by atomic mass is 32.2. The molecule has 5 rings (SSSR count). The molecule has 0 fully saturated rings. The van der Waals surface area contributed by atoms with Gasteiger partial charge in [-0.2, -0.15) is 11.8 Å². The van der Waals surface area contributed by atoms with E-state index in [2.05, 4.69) is 16.6 Å². The molecule has 5 aromatic rings. The molecule has 0 unspecified atom stereocenters. The predicted molar refractivity (Wildman–Crippen MR) is 146 cm³/mol. The largest absolute Gasteiger partial charge is 0.440 e. The van der Waals surface area contributed by atoms with Crippen molar-refractivity contribution in [1.82, 2.24) is 20.3 Å². The average Bonchev–Trinajstić information content (AvgIpc) is 3.55. The number of hydrogen-bond acceptors (Lipinski definition) is 5. The minimum absolute atomic E-state index is 0.0534. The Bertz CT molecular complexity index is 1340. The zero-order chi connectivity index (χ0) is 24.7. The van der Waals surface area contributed by atoms with Crippen LogP contribution in [0.5, 0.6) is 0 Å². The molecule has 0 aliphatic carbocycles. The van der Waals surface area contributed by atoms with Gasteiger partial charge in [0.05, 0.1) is 17.1 Å². The lowest BCUT2D eigenvalue weighted by Crippen LogP contribution is -2.30. The van der Waals surface area contributed by atoms with Crippen LogP contribution in [0.25, 0.3) is 33.6 Å². The quantitative estimate of drug-likeness (QED) is 0.233. The van der Waals surface area contributed by atoms with E-state index >= 15 is 0 Å². The number of carbonyl (C=O) groups is 1. The molecule has 2 N–H and O–H groups in total. The van der Waals surface area contributed by atoms with Gasteiger partial charge in [0.1, 0.15) is 11.5 Å².